The van der Waals surface area contributed by atoms with Crippen LogP contribution in [0.4, 0.5) is 38.1 Å². The van der Waals surface area contributed by atoms with E-state index in [1.807, 2.05) is 6.07 Å². The van der Waals surface area contributed by atoms with Gasteiger partial charge < -0.3 is 25.1 Å². The van der Waals surface area contributed by atoms with Gasteiger partial charge in [0.15, 0.2) is 0 Å². The number of aromatic amines is 1. The Bertz CT molecular complexity index is 1320. The van der Waals surface area contributed by atoms with Crippen molar-refractivity contribution in [2.75, 3.05) is 17.2 Å². The second kappa shape index (κ2) is 9.87. The van der Waals surface area contributed by atoms with Crippen LogP contribution in [0.1, 0.15) is 5.56 Å². The maximum atomic E-state index is 13.1. The lowest BCUT2D eigenvalue weighted by atomic mass is 10.2. The summed E-state index contributed by atoms with van der Waals surface area (Å²) in [7, 11) is 0. The Hall–Kier alpha value is -4.35. The number of rotatable bonds is 7. The van der Waals surface area contributed by atoms with E-state index >= 15 is 0 Å². The molecule has 2 amide bonds. The van der Waals surface area contributed by atoms with E-state index in [9.17, 15) is 26.7 Å². The zero-order chi connectivity index (χ0) is 25.0. The lowest BCUT2D eigenvalue weighted by molar-refractivity contribution is -0.137. The predicted octanol–water partition coefficient (Wildman–Crippen LogP) is 6.66. The third-order valence-electron chi connectivity index (χ3n) is 4.63. The van der Waals surface area contributed by atoms with Crippen molar-refractivity contribution in [3.8, 4) is 17.2 Å². The highest BCUT2D eigenvalue weighted by molar-refractivity contribution is 6.00. The molecule has 0 unspecified atom stereocenters. The van der Waals surface area contributed by atoms with Gasteiger partial charge in [-0.3, -0.25) is 0 Å². The number of alkyl halides is 5. The summed E-state index contributed by atoms with van der Waals surface area (Å²) in [6.45, 7) is -1.09. The molecule has 2 aromatic carbocycles. The number of carbonyl (C=O) groups is 1. The highest BCUT2D eigenvalue weighted by Crippen LogP contribution is 2.34. The van der Waals surface area contributed by atoms with E-state index in [4.69, 9.17) is 4.74 Å². The van der Waals surface area contributed by atoms with E-state index in [2.05, 4.69) is 25.3 Å². The number of benzene rings is 2. The van der Waals surface area contributed by atoms with Crippen LogP contribution in [0.5, 0.6) is 17.2 Å². The minimum atomic E-state index is -4.77. The first-order valence-corrected chi connectivity index (χ1v) is 10.1. The molecule has 182 valence electrons. The summed E-state index contributed by atoms with van der Waals surface area (Å²) in [4.78, 5) is 19.5. The topological polar surface area (TPSA) is 88.3 Å². The third-order valence-corrected chi connectivity index (χ3v) is 4.63. The number of pyridine rings is 1. The van der Waals surface area contributed by atoms with Crippen molar-refractivity contribution < 1.29 is 36.2 Å². The molecule has 3 N–H and O–H groups in total. The number of fused-ring (bicyclic) bond motifs is 1. The molecule has 2 aromatic heterocycles. The zero-order valence-electron chi connectivity index (χ0n) is 17.7. The van der Waals surface area contributed by atoms with Crippen LogP contribution in [0.15, 0.2) is 67.0 Å². The van der Waals surface area contributed by atoms with Gasteiger partial charge in [-0.25, -0.2) is 18.6 Å². The molecule has 12 heteroatoms. The third kappa shape index (κ3) is 6.16. The van der Waals surface area contributed by atoms with Crippen LogP contribution in [-0.4, -0.2) is 29.0 Å². The summed E-state index contributed by atoms with van der Waals surface area (Å²) in [6.07, 6.45) is -4.32. The van der Waals surface area contributed by atoms with Crippen molar-refractivity contribution in [1.82, 2.24) is 9.97 Å². The van der Waals surface area contributed by atoms with Crippen molar-refractivity contribution in [3.63, 3.8) is 0 Å². The highest BCUT2D eigenvalue weighted by atomic mass is 19.4. The van der Waals surface area contributed by atoms with Gasteiger partial charge in [0, 0.05) is 29.8 Å². The van der Waals surface area contributed by atoms with Crippen molar-refractivity contribution in [2.24, 2.45) is 0 Å². The lowest BCUT2D eigenvalue weighted by Gasteiger charge is -2.14. The minimum absolute atomic E-state index is 0.283. The first-order valence-electron chi connectivity index (χ1n) is 10.1. The van der Waals surface area contributed by atoms with E-state index in [1.54, 1.807) is 30.6 Å². The van der Waals surface area contributed by atoms with Crippen molar-refractivity contribution >= 4 is 28.4 Å². The molecule has 0 radical (unpaired) electrons. The quantitative estimate of drug-likeness (QED) is 0.252. The fourth-order valence-electron chi connectivity index (χ4n) is 3.13. The number of urea groups is 1. The summed E-state index contributed by atoms with van der Waals surface area (Å²) in [5, 5.41) is 5.50. The number of nitrogens with one attached hydrogen (secondary N) is 3. The van der Waals surface area contributed by atoms with Crippen LogP contribution in [0.2, 0.25) is 0 Å². The van der Waals surface area contributed by atoms with Crippen LogP contribution in [-0.2, 0) is 6.18 Å². The number of ether oxygens (including phenoxy) is 2. The van der Waals surface area contributed by atoms with Gasteiger partial charge in [-0.05, 0) is 48.5 Å². The summed E-state index contributed by atoms with van der Waals surface area (Å²) < 4.78 is 74.7. The van der Waals surface area contributed by atoms with Gasteiger partial charge in [0.2, 0.25) is 0 Å². The first-order chi connectivity index (χ1) is 16.7. The number of halogens is 5. The van der Waals surface area contributed by atoms with Crippen molar-refractivity contribution in [1.29, 1.82) is 0 Å². The lowest BCUT2D eigenvalue weighted by Crippen LogP contribution is -2.20. The fourth-order valence-corrected chi connectivity index (χ4v) is 3.13. The second-order valence-electron chi connectivity index (χ2n) is 7.20. The Kier molecular flexibility index (Phi) is 6.71. The van der Waals surface area contributed by atoms with E-state index in [0.29, 0.717) is 35.0 Å². The first kappa shape index (κ1) is 23.8. The summed E-state index contributed by atoms with van der Waals surface area (Å²) >= 11 is 0. The standard InChI is InChI=1S/C23H17F5N4O3/c24-20(25)12-34-17-10-13(23(26,27)28)9-15(11-17)32-22(33)31-14-1-3-16(4-2-14)35-19-6-8-30-21-18(19)5-7-29-21/h1-11,20H,12H2,(H,29,30)(H2,31,32,33). The molecule has 0 fully saturated rings. The molecule has 0 atom stereocenters. The number of hydrogen-bond acceptors (Lipinski definition) is 4. The molecule has 0 bridgehead atoms. The molecule has 0 aliphatic heterocycles. The highest BCUT2D eigenvalue weighted by Gasteiger charge is 2.31. The summed E-state index contributed by atoms with van der Waals surface area (Å²) in [5.41, 5.74) is -0.448. The second-order valence-corrected chi connectivity index (χ2v) is 7.20. The van der Waals surface area contributed by atoms with Gasteiger partial charge >= 0.3 is 12.2 Å². The van der Waals surface area contributed by atoms with Gasteiger partial charge in [0.05, 0.1) is 10.9 Å². The monoisotopic (exact) mass is 492 g/mol. The number of amides is 2. The smallest absolute Gasteiger partial charge is 0.416 e. The Labute approximate surface area is 194 Å². The Morgan fingerprint density at radius 2 is 1.71 bits per heavy atom. The van der Waals surface area contributed by atoms with Gasteiger partial charge in [-0.15, -0.1) is 0 Å². The fraction of sp³-hybridized carbons (Fsp3) is 0.130. The van der Waals surface area contributed by atoms with E-state index in [-0.39, 0.29) is 5.69 Å². The Morgan fingerprint density at radius 3 is 2.43 bits per heavy atom. The molecule has 35 heavy (non-hydrogen) atoms. The van der Waals surface area contributed by atoms with Gasteiger partial charge in [0.1, 0.15) is 29.5 Å². The molecule has 0 saturated heterocycles. The number of carbonyl (C=O) groups excluding carboxylic acids is 1. The van der Waals surface area contributed by atoms with Crippen LogP contribution < -0.4 is 20.1 Å². The number of anilines is 2. The number of aromatic nitrogens is 2. The predicted molar refractivity (Wildman–Crippen MR) is 118 cm³/mol. The number of hydrogen-bond donors (Lipinski definition) is 3. The van der Waals surface area contributed by atoms with Crippen molar-refractivity contribution in [3.05, 3.63) is 72.6 Å². The van der Waals surface area contributed by atoms with Crippen LogP contribution >= 0.6 is 0 Å². The molecule has 0 saturated carbocycles. The molecule has 4 rings (SSSR count). The molecule has 2 heterocycles. The van der Waals surface area contributed by atoms with Crippen LogP contribution in [0.25, 0.3) is 11.0 Å². The normalized spacial score (nSPS) is 11.5. The summed E-state index contributed by atoms with van der Waals surface area (Å²) in [6, 6.07) is 11.2. The zero-order valence-corrected chi connectivity index (χ0v) is 17.7. The number of nitrogens with zero attached hydrogens (tertiary/aromatic N) is 1. The van der Waals surface area contributed by atoms with Crippen LogP contribution in [0.3, 0.4) is 0 Å². The van der Waals surface area contributed by atoms with E-state index in [0.717, 1.165) is 11.5 Å². The molecule has 0 aliphatic carbocycles. The maximum absolute atomic E-state index is 13.1. The Balaban J connectivity index is 1.42. The number of H-pyrrole nitrogens is 1. The van der Waals surface area contributed by atoms with Gasteiger partial charge in [0.25, 0.3) is 6.43 Å². The van der Waals surface area contributed by atoms with Gasteiger partial charge in [-0.2, -0.15) is 13.2 Å². The average molecular weight is 492 g/mol. The average Bonchev–Trinajstić information content (AvgIpc) is 3.28. The maximum Gasteiger partial charge on any atom is 0.416 e. The molecule has 0 spiro atoms. The SMILES string of the molecule is O=C(Nc1ccc(Oc2ccnc3[nH]ccc23)cc1)Nc1cc(OCC(F)F)cc(C(F)(F)F)c1. The molecule has 4 aromatic rings. The molecule has 7 nitrogen and oxygen atoms in total. The largest absolute Gasteiger partial charge is 0.488 e. The van der Waals surface area contributed by atoms with E-state index in [1.165, 1.54) is 12.1 Å². The minimum Gasteiger partial charge on any atom is -0.488 e. The summed E-state index contributed by atoms with van der Waals surface area (Å²) in [5.74, 6) is 0.594. The van der Waals surface area contributed by atoms with Gasteiger partial charge in [-0.1, -0.05) is 0 Å². The molecular formula is C23H17F5N4O3. The Morgan fingerprint density at radius 1 is 0.971 bits per heavy atom. The van der Waals surface area contributed by atoms with E-state index < -0.39 is 36.6 Å². The molecule has 0 aliphatic rings. The molecular weight excluding hydrogens is 475 g/mol. The van der Waals surface area contributed by atoms with Crippen molar-refractivity contribution in [2.45, 2.75) is 12.6 Å². The van der Waals surface area contributed by atoms with Crippen LogP contribution in [0, 0.1) is 0 Å².